The first-order valence-electron chi connectivity index (χ1n) is 9.94. The molecule has 1 fully saturated rings. The van der Waals surface area contributed by atoms with Crippen molar-refractivity contribution in [2.24, 2.45) is 5.92 Å². The maximum Gasteiger partial charge on any atom is 0.0619 e. The van der Waals surface area contributed by atoms with Gasteiger partial charge in [0.1, 0.15) is 0 Å². The topological polar surface area (TPSA) is 12.0 Å². The molecule has 1 aromatic rings. The maximum absolute atomic E-state index is 3.96. The van der Waals surface area contributed by atoms with Gasteiger partial charge < -0.3 is 5.32 Å². The minimum atomic E-state index is 0.204. The molecule has 2 aliphatic rings. The third kappa shape index (κ3) is 3.18. The number of benzene rings is 1. The molecule has 0 amide bonds. The molecule has 0 heterocycles. The van der Waals surface area contributed by atoms with Gasteiger partial charge in [-0.2, -0.15) is 0 Å². The van der Waals surface area contributed by atoms with Crippen molar-refractivity contribution >= 4 is 5.69 Å². The van der Waals surface area contributed by atoms with Crippen LogP contribution in [0.2, 0.25) is 0 Å². The Morgan fingerprint density at radius 2 is 2.00 bits per heavy atom. The Morgan fingerprint density at radius 1 is 1.21 bits per heavy atom. The summed E-state index contributed by atoms with van der Waals surface area (Å²) in [5, 5.41) is 3.96. The highest BCUT2D eigenvalue weighted by atomic mass is 15.0. The van der Waals surface area contributed by atoms with Crippen LogP contribution in [-0.4, -0.2) is 5.54 Å². The lowest BCUT2D eigenvalue weighted by Crippen LogP contribution is -2.40. The summed E-state index contributed by atoms with van der Waals surface area (Å²) in [6, 6.07) is 10.8. The quantitative estimate of drug-likeness (QED) is 0.576. The van der Waals surface area contributed by atoms with Crippen molar-refractivity contribution in [1.82, 2.24) is 0 Å². The van der Waals surface area contributed by atoms with Gasteiger partial charge in [0.2, 0.25) is 0 Å². The van der Waals surface area contributed by atoms with Crippen LogP contribution in [0, 0.1) is 5.92 Å². The second-order valence-corrected chi connectivity index (χ2v) is 7.63. The van der Waals surface area contributed by atoms with E-state index in [4.69, 9.17) is 0 Å². The molecule has 3 rings (SSSR count). The molecule has 2 atom stereocenters. The fraction of sp³-hybridized carbons (Fsp3) is 0.565. The van der Waals surface area contributed by atoms with Crippen molar-refractivity contribution in [1.29, 1.82) is 0 Å². The predicted octanol–water partition coefficient (Wildman–Crippen LogP) is 6.88. The van der Waals surface area contributed by atoms with Crippen LogP contribution in [0.25, 0.3) is 0 Å². The van der Waals surface area contributed by atoms with Crippen LogP contribution in [0.3, 0.4) is 0 Å². The van der Waals surface area contributed by atoms with E-state index < -0.39 is 0 Å². The molecule has 1 N–H and O–H groups in total. The van der Waals surface area contributed by atoms with Crippen molar-refractivity contribution in [2.45, 2.75) is 77.7 Å². The number of allylic oxidation sites excluding steroid dienone is 3. The van der Waals surface area contributed by atoms with Gasteiger partial charge in [-0.3, -0.25) is 0 Å². The Morgan fingerprint density at radius 3 is 2.71 bits per heavy atom. The van der Waals surface area contributed by atoms with Gasteiger partial charge in [-0.25, -0.2) is 0 Å². The average Bonchev–Trinajstić information content (AvgIpc) is 3.10. The van der Waals surface area contributed by atoms with E-state index in [1.807, 2.05) is 0 Å². The number of anilines is 1. The second-order valence-electron chi connectivity index (χ2n) is 7.63. The van der Waals surface area contributed by atoms with Crippen LogP contribution >= 0.6 is 0 Å². The Balaban J connectivity index is 1.94. The van der Waals surface area contributed by atoms with Gasteiger partial charge in [0.25, 0.3) is 0 Å². The molecule has 0 saturated heterocycles. The fourth-order valence-electron chi connectivity index (χ4n) is 4.89. The summed E-state index contributed by atoms with van der Waals surface area (Å²) in [6.07, 6.45) is 12.8. The van der Waals surface area contributed by atoms with Gasteiger partial charge in [-0.15, -0.1) is 0 Å². The van der Waals surface area contributed by atoms with Crippen molar-refractivity contribution < 1.29 is 0 Å². The molecule has 0 unspecified atom stereocenters. The third-order valence-corrected chi connectivity index (χ3v) is 6.12. The van der Waals surface area contributed by atoms with E-state index >= 15 is 0 Å². The SMILES string of the molecule is CCC/C=C(\CCC)C1=C(C)[C@]2(Nc3ccccc3)CCC[C@@H]2C1. The van der Waals surface area contributed by atoms with Crippen LogP contribution in [0.5, 0.6) is 0 Å². The van der Waals surface area contributed by atoms with Crippen molar-refractivity contribution in [2.75, 3.05) is 5.32 Å². The van der Waals surface area contributed by atoms with Gasteiger partial charge in [-0.1, -0.05) is 57.4 Å². The number of hydrogen-bond donors (Lipinski definition) is 1. The summed E-state index contributed by atoms with van der Waals surface area (Å²) in [4.78, 5) is 0. The Kier molecular flexibility index (Phi) is 5.48. The number of fused-ring (bicyclic) bond motifs is 1. The number of rotatable bonds is 7. The van der Waals surface area contributed by atoms with Crippen LogP contribution in [-0.2, 0) is 0 Å². The lowest BCUT2D eigenvalue weighted by atomic mass is 9.85. The van der Waals surface area contributed by atoms with Gasteiger partial charge in [0, 0.05) is 5.69 Å². The van der Waals surface area contributed by atoms with Crippen LogP contribution in [0.15, 0.2) is 53.1 Å². The Hall–Kier alpha value is -1.50. The fourth-order valence-corrected chi connectivity index (χ4v) is 4.89. The van der Waals surface area contributed by atoms with E-state index in [-0.39, 0.29) is 5.54 Å². The lowest BCUT2D eigenvalue weighted by molar-refractivity contribution is 0.433. The first-order valence-corrected chi connectivity index (χ1v) is 9.94. The summed E-state index contributed by atoms with van der Waals surface area (Å²) in [6.45, 7) is 7.00. The molecule has 1 aromatic carbocycles. The molecule has 0 bridgehead atoms. The minimum Gasteiger partial charge on any atom is -0.376 e. The van der Waals surface area contributed by atoms with Crippen molar-refractivity contribution in [3.05, 3.63) is 53.1 Å². The molecule has 0 aromatic heterocycles. The van der Waals surface area contributed by atoms with Gasteiger partial charge in [-0.05, 0) is 73.8 Å². The zero-order valence-corrected chi connectivity index (χ0v) is 15.7. The first-order chi connectivity index (χ1) is 11.7. The molecule has 130 valence electrons. The van der Waals surface area contributed by atoms with E-state index in [0.717, 1.165) is 5.92 Å². The Labute approximate surface area is 148 Å². The average molecular weight is 324 g/mol. The molecule has 1 saturated carbocycles. The van der Waals surface area contributed by atoms with E-state index in [2.05, 4.69) is 62.5 Å². The lowest BCUT2D eigenvalue weighted by Gasteiger charge is -2.34. The van der Waals surface area contributed by atoms with Crippen LogP contribution < -0.4 is 5.32 Å². The van der Waals surface area contributed by atoms with Crippen molar-refractivity contribution in [3.8, 4) is 0 Å². The monoisotopic (exact) mass is 323 g/mol. The molecule has 2 aliphatic carbocycles. The van der Waals surface area contributed by atoms with Crippen LogP contribution in [0.4, 0.5) is 5.69 Å². The molecule has 24 heavy (non-hydrogen) atoms. The predicted molar refractivity (Wildman–Crippen MR) is 105 cm³/mol. The zero-order chi connectivity index (χ0) is 17.0. The maximum atomic E-state index is 3.96. The number of hydrogen-bond acceptors (Lipinski definition) is 1. The first kappa shape index (κ1) is 17.3. The molecule has 0 spiro atoms. The van der Waals surface area contributed by atoms with E-state index in [0.29, 0.717) is 0 Å². The third-order valence-electron chi connectivity index (χ3n) is 6.12. The second kappa shape index (κ2) is 7.59. The summed E-state index contributed by atoms with van der Waals surface area (Å²) in [7, 11) is 0. The highest BCUT2D eigenvalue weighted by Crippen LogP contribution is 2.54. The minimum absolute atomic E-state index is 0.204. The molecule has 0 radical (unpaired) electrons. The normalized spacial score (nSPS) is 26.8. The van der Waals surface area contributed by atoms with Gasteiger partial charge in [0.05, 0.1) is 5.54 Å². The summed E-state index contributed by atoms with van der Waals surface area (Å²) in [5.74, 6) is 0.773. The van der Waals surface area contributed by atoms with Crippen molar-refractivity contribution in [3.63, 3.8) is 0 Å². The zero-order valence-electron chi connectivity index (χ0n) is 15.7. The van der Waals surface area contributed by atoms with Gasteiger partial charge in [0.15, 0.2) is 0 Å². The molecule has 1 nitrogen and oxygen atoms in total. The van der Waals surface area contributed by atoms with Gasteiger partial charge >= 0.3 is 0 Å². The highest BCUT2D eigenvalue weighted by molar-refractivity contribution is 5.55. The number of unbranched alkanes of at least 4 members (excludes halogenated alkanes) is 1. The van der Waals surface area contributed by atoms with Crippen LogP contribution in [0.1, 0.15) is 72.1 Å². The number of nitrogens with one attached hydrogen (secondary N) is 1. The standard InChI is InChI=1S/C23H33N/c1-4-6-12-19(11-5-2)22-17-20-13-10-16-23(20,18(22)3)24-21-14-8-7-9-15-21/h7-9,12,14-15,20,24H,4-6,10-11,13,16-17H2,1-3H3/b19-12+/t20-,23-/m1/s1. The number of para-hydroxylation sites is 1. The Bertz CT molecular complexity index is 610. The molecule has 1 heteroatoms. The van der Waals surface area contributed by atoms with E-state index in [1.165, 1.54) is 57.1 Å². The summed E-state index contributed by atoms with van der Waals surface area (Å²) >= 11 is 0. The van der Waals surface area contributed by atoms with E-state index in [9.17, 15) is 0 Å². The smallest absolute Gasteiger partial charge is 0.0619 e. The largest absolute Gasteiger partial charge is 0.376 e. The highest BCUT2D eigenvalue weighted by Gasteiger charge is 2.49. The molecular weight excluding hydrogens is 290 g/mol. The summed E-state index contributed by atoms with van der Waals surface area (Å²) in [5.41, 5.74) is 6.43. The molecule has 0 aliphatic heterocycles. The summed E-state index contributed by atoms with van der Waals surface area (Å²) < 4.78 is 0. The molecular formula is C23H33N. The van der Waals surface area contributed by atoms with E-state index in [1.54, 1.807) is 16.7 Å².